The zero-order chi connectivity index (χ0) is 14.3. The van der Waals surface area contributed by atoms with Gasteiger partial charge >= 0.3 is 11.9 Å². The third kappa shape index (κ3) is 3.92. The van der Waals surface area contributed by atoms with Crippen molar-refractivity contribution in [1.82, 2.24) is 4.98 Å². The minimum atomic E-state index is -0.647. The van der Waals surface area contributed by atoms with Crippen molar-refractivity contribution in [3.05, 3.63) is 66.7 Å². The van der Waals surface area contributed by atoms with Crippen LogP contribution in [-0.4, -0.2) is 24.0 Å². The van der Waals surface area contributed by atoms with Gasteiger partial charge in [-0.1, -0.05) is 19.2 Å². The van der Waals surface area contributed by atoms with Gasteiger partial charge in [0, 0.05) is 12.4 Å². The predicted octanol–water partition coefficient (Wildman–Crippen LogP) is 2.28. The second-order valence-electron chi connectivity index (χ2n) is 3.35. The predicted molar refractivity (Wildman–Crippen MR) is 69.5 cm³/mol. The summed E-state index contributed by atoms with van der Waals surface area (Å²) in [6.45, 7) is 6.99. The third-order valence-electron chi connectivity index (χ3n) is 2.09. The van der Waals surface area contributed by atoms with E-state index in [-0.39, 0.29) is 16.9 Å². The van der Waals surface area contributed by atoms with Gasteiger partial charge in [0.15, 0.2) is 0 Å². The quantitative estimate of drug-likeness (QED) is 0.461. The van der Waals surface area contributed by atoms with Crippen molar-refractivity contribution in [2.45, 2.75) is 0 Å². The number of rotatable bonds is 5. The second-order valence-corrected chi connectivity index (χ2v) is 3.35. The molecule has 0 aliphatic heterocycles. The van der Waals surface area contributed by atoms with Crippen molar-refractivity contribution in [3.63, 3.8) is 0 Å². The highest BCUT2D eigenvalue weighted by Crippen LogP contribution is 2.09. The molecule has 0 spiro atoms. The van der Waals surface area contributed by atoms with E-state index in [0.29, 0.717) is 0 Å². The standard InChI is InChI=1S/C14H13NO4/c1-4-6-12(5-2)19-14(17)11-7-10(8-15-9-11)13(16)18-3/h4-9H,1-2H2,3H3/b12-6+. The number of nitrogens with zero attached hydrogens (tertiary/aromatic N) is 1. The van der Waals surface area contributed by atoms with E-state index < -0.39 is 11.9 Å². The number of esters is 2. The zero-order valence-corrected chi connectivity index (χ0v) is 10.5. The summed E-state index contributed by atoms with van der Waals surface area (Å²) in [5.41, 5.74) is 0.310. The molecular weight excluding hydrogens is 246 g/mol. The van der Waals surface area contributed by atoms with Crippen molar-refractivity contribution in [1.29, 1.82) is 0 Å². The minimum Gasteiger partial charge on any atom is -0.465 e. The Morgan fingerprint density at radius 1 is 1.21 bits per heavy atom. The fraction of sp³-hybridized carbons (Fsp3) is 0.0714. The van der Waals surface area contributed by atoms with E-state index in [2.05, 4.69) is 22.9 Å². The van der Waals surface area contributed by atoms with Gasteiger partial charge in [0.25, 0.3) is 0 Å². The van der Waals surface area contributed by atoms with E-state index in [0.717, 1.165) is 0 Å². The number of ether oxygens (including phenoxy) is 2. The molecular formula is C14H13NO4. The van der Waals surface area contributed by atoms with Crippen molar-refractivity contribution in [2.75, 3.05) is 7.11 Å². The fourth-order valence-corrected chi connectivity index (χ4v) is 1.21. The summed E-state index contributed by atoms with van der Waals surface area (Å²) in [4.78, 5) is 26.9. The van der Waals surface area contributed by atoms with E-state index in [1.54, 1.807) is 0 Å². The highest BCUT2D eigenvalue weighted by molar-refractivity contribution is 5.95. The Balaban J connectivity index is 2.94. The lowest BCUT2D eigenvalue weighted by molar-refractivity contribution is 0.0600. The van der Waals surface area contributed by atoms with Gasteiger partial charge in [-0.25, -0.2) is 9.59 Å². The maximum absolute atomic E-state index is 11.8. The summed E-state index contributed by atoms with van der Waals surface area (Å²) in [5, 5.41) is 0. The second kappa shape index (κ2) is 6.90. The molecule has 0 radical (unpaired) electrons. The number of hydrogen-bond acceptors (Lipinski definition) is 5. The van der Waals surface area contributed by atoms with Crippen LogP contribution in [-0.2, 0) is 9.47 Å². The molecule has 0 unspecified atom stereocenters. The van der Waals surface area contributed by atoms with Crippen molar-refractivity contribution >= 4 is 11.9 Å². The van der Waals surface area contributed by atoms with Crippen LogP contribution in [0.2, 0.25) is 0 Å². The molecule has 5 heteroatoms. The zero-order valence-electron chi connectivity index (χ0n) is 10.5. The van der Waals surface area contributed by atoms with Gasteiger partial charge in [-0.05, 0) is 18.2 Å². The van der Waals surface area contributed by atoms with Gasteiger partial charge in [-0.15, -0.1) is 0 Å². The number of carbonyl (C=O) groups is 2. The molecule has 1 rings (SSSR count). The van der Waals surface area contributed by atoms with Gasteiger partial charge in [-0.3, -0.25) is 4.98 Å². The van der Waals surface area contributed by atoms with Crippen LogP contribution < -0.4 is 0 Å². The van der Waals surface area contributed by atoms with E-state index in [1.807, 2.05) is 0 Å². The van der Waals surface area contributed by atoms with E-state index in [1.165, 1.54) is 43.8 Å². The number of hydrogen-bond donors (Lipinski definition) is 0. The van der Waals surface area contributed by atoms with Crippen LogP contribution in [0.3, 0.4) is 0 Å². The van der Waals surface area contributed by atoms with E-state index >= 15 is 0 Å². The molecule has 1 aromatic rings. The molecule has 0 aliphatic carbocycles. The molecule has 1 heterocycles. The first-order chi connectivity index (χ1) is 9.12. The Labute approximate surface area is 110 Å². The van der Waals surface area contributed by atoms with E-state index in [9.17, 15) is 9.59 Å². The minimum absolute atomic E-state index is 0.139. The van der Waals surface area contributed by atoms with Crippen molar-refractivity contribution in [3.8, 4) is 0 Å². The highest BCUT2D eigenvalue weighted by Gasteiger charge is 2.13. The average molecular weight is 259 g/mol. The largest absolute Gasteiger partial charge is 0.465 e. The Kier molecular flexibility index (Phi) is 5.22. The number of carbonyl (C=O) groups excluding carboxylic acids is 2. The Morgan fingerprint density at radius 3 is 2.37 bits per heavy atom. The Hall–Kier alpha value is -2.69. The van der Waals surface area contributed by atoms with Gasteiger partial charge < -0.3 is 9.47 Å². The first-order valence-corrected chi connectivity index (χ1v) is 5.33. The molecule has 0 atom stereocenters. The van der Waals surface area contributed by atoms with Crippen molar-refractivity contribution in [2.24, 2.45) is 0 Å². The van der Waals surface area contributed by atoms with E-state index in [4.69, 9.17) is 4.74 Å². The monoisotopic (exact) mass is 259 g/mol. The van der Waals surface area contributed by atoms with Crippen LogP contribution in [0.4, 0.5) is 0 Å². The molecule has 0 saturated heterocycles. The summed E-state index contributed by atoms with van der Waals surface area (Å²) in [7, 11) is 1.25. The molecule has 0 saturated carbocycles. The van der Waals surface area contributed by atoms with Crippen LogP contribution in [0.25, 0.3) is 0 Å². The van der Waals surface area contributed by atoms with Crippen LogP contribution in [0, 0.1) is 0 Å². The van der Waals surface area contributed by atoms with Crippen LogP contribution in [0.15, 0.2) is 55.6 Å². The molecule has 0 aromatic carbocycles. The van der Waals surface area contributed by atoms with Gasteiger partial charge in [-0.2, -0.15) is 0 Å². The SMILES string of the molecule is C=C/C=C(\C=C)OC(=O)c1cncc(C(=O)OC)c1. The first kappa shape index (κ1) is 14.4. The molecule has 0 aliphatic rings. The Morgan fingerprint density at radius 2 is 1.84 bits per heavy atom. The maximum atomic E-state index is 11.8. The number of pyridine rings is 1. The number of methoxy groups -OCH3 is 1. The molecule has 0 N–H and O–H groups in total. The first-order valence-electron chi connectivity index (χ1n) is 5.33. The average Bonchev–Trinajstić information content (AvgIpc) is 2.45. The van der Waals surface area contributed by atoms with Gasteiger partial charge in [0.2, 0.25) is 0 Å². The van der Waals surface area contributed by atoms with Crippen LogP contribution >= 0.6 is 0 Å². The Bertz CT molecular complexity index is 546. The fourth-order valence-electron chi connectivity index (χ4n) is 1.21. The smallest absolute Gasteiger partial charge is 0.345 e. The molecule has 5 nitrogen and oxygen atoms in total. The summed E-state index contributed by atoms with van der Waals surface area (Å²) < 4.78 is 9.58. The van der Waals surface area contributed by atoms with Gasteiger partial charge in [0.05, 0.1) is 18.2 Å². The number of allylic oxidation sites excluding steroid dienone is 3. The highest BCUT2D eigenvalue weighted by atomic mass is 16.5. The summed E-state index contributed by atoms with van der Waals surface area (Å²) >= 11 is 0. The lowest BCUT2D eigenvalue weighted by Crippen LogP contribution is -2.08. The molecule has 1 aromatic heterocycles. The summed E-state index contributed by atoms with van der Waals surface area (Å²) in [6.07, 6.45) is 6.92. The molecule has 98 valence electrons. The maximum Gasteiger partial charge on any atom is 0.345 e. The normalized spacial score (nSPS) is 10.5. The topological polar surface area (TPSA) is 65.5 Å². The lowest BCUT2D eigenvalue weighted by Gasteiger charge is -2.05. The molecule has 0 bridgehead atoms. The van der Waals surface area contributed by atoms with Crippen molar-refractivity contribution < 1.29 is 19.1 Å². The molecule has 0 amide bonds. The summed E-state index contributed by atoms with van der Waals surface area (Å²) in [5.74, 6) is -0.970. The summed E-state index contributed by atoms with van der Waals surface area (Å²) in [6, 6.07) is 1.34. The van der Waals surface area contributed by atoms with Crippen LogP contribution in [0.5, 0.6) is 0 Å². The molecule has 19 heavy (non-hydrogen) atoms. The molecule has 0 fully saturated rings. The third-order valence-corrected chi connectivity index (χ3v) is 2.09. The lowest BCUT2D eigenvalue weighted by atomic mass is 10.2. The van der Waals surface area contributed by atoms with Crippen LogP contribution in [0.1, 0.15) is 20.7 Å². The number of aromatic nitrogens is 1. The van der Waals surface area contributed by atoms with Gasteiger partial charge in [0.1, 0.15) is 5.76 Å².